The molecule has 7 heteroatoms. The van der Waals surface area contributed by atoms with Crippen LogP contribution < -0.4 is 5.32 Å². The topological polar surface area (TPSA) is 67.8 Å². The second-order valence-corrected chi connectivity index (χ2v) is 9.45. The summed E-state index contributed by atoms with van der Waals surface area (Å²) in [5.74, 6) is -0.571. The highest BCUT2D eigenvalue weighted by atomic mass is 35.5. The van der Waals surface area contributed by atoms with Crippen molar-refractivity contribution in [3.8, 4) is 5.75 Å². The maximum absolute atomic E-state index is 13.4. The van der Waals surface area contributed by atoms with Gasteiger partial charge in [0.05, 0.1) is 13.2 Å². The van der Waals surface area contributed by atoms with Gasteiger partial charge in [-0.15, -0.1) is 0 Å². The fourth-order valence-electron chi connectivity index (χ4n) is 2.50. The van der Waals surface area contributed by atoms with Crippen LogP contribution in [0, 0.1) is 5.41 Å². The van der Waals surface area contributed by atoms with E-state index in [1.165, 1.54) is 0 Å². The van der Waals surface area contributed by atoms with Gasteiger partial charge in [0.15, 0.2) is 5.78 Å². The Bertz CT molecular complexity index is 780. The molecule has 0 aliphatic carbocycles. The van der Waals surface area contributed by atoms with Crippen LogP contribution in [0.5, 0.6) is 5.75 Å². The fraction of sp³-hybridized carbons (Fsp3) is 0.333. The number of rotatable bonds is 4. The first-order valence-electron chi connectivity index (χ1n) is 7.97. The van der Waals surface area contributed by atoms with Crippen LogP contribution in [0.3, 0.4) is 0 Å². The van der Waals surface area contributed by atoms with Crippen LogP contribution in [0.1, 0.15) is 25.2 Å². The van der Waals surface area contributed by atoms with E-state index in [9.17, 15) is 9.67 Å². The molecule has 0 aromatic heterocycles. The van der Waals surface area contributed by atoms with Crippen molar-refractivity contribution in [2.24, 2.45) is 5.41 Å². The molecule has 2 N–H and O–H groups in total. The molecule has 1 unspecified atom stereocenters. The van der Waals surface area contributed by atoms with Crippen molar-refractivity contribution in [1.82, 2.24) is 0 Å². The number of hydrogen-bond donors (Lipinski definition) is 2. The van der Waals surface area contributed by atoms with Crippen LogP contribution in [0.2, 0.25) is 5.02 Å². The summed E-state index contributed by atoms with van der Waals surface area (Å²) in [5.41, 5.74) is 1.21. The summed E-state index contributed by atoms with van der Waals surface area (Å²) < 4.78 is 24.8. The summed E-state index contributed by atoms with van der Waals surface area (Å²) in [4.78, 5) is 0. The molecule has 1 heterocycles. The van der Waals surface area contributed by atoms with Crippen molar-refractivity contribution in [1.29, 1.82) is 0 Å². The standard InChI is InChI=1S/C18H21ClNO4P/c1-18(2)11-23-25(22,24-12-18)17(13-6-8-16(21)9-7-13)20-15-5-3-4-14(19)10-15/h3-10,17,20-21H,11-12H2,1-2H3. The van der Waals surface area contributed by atoms with Gasteiger partial charge in [0.25, 0.3) is 0 Å². The molecule has 1 aliphatic rings. The highest BCUT2D eigenvalue weighted by Crippen LogP contribution is 2.64. The molecule has 0 bridgehead atoms. The van der Waals surface area contributed by atoms with Crippen molar-refractivity contribution in [3.05, 3.63) is 59.1 Å². The van der Waals surface area contributed by atoms with Crippen molar-refractivity contribution in [2.75, 3.05) is 18.5 Å². The zero-order valence-electron chi connectivity index (χ0n) is 14.1. The summed E-state index contributed by atoms with van der Waals surface area (Å²) in [6.45, 7) is 4.68. The molecule has 0 amide bonds. The van der Waals surface area contributed by atoms with E-state index in [0.29, 0.717) is 29.5 Å². The molecule has 1 fully saturated rings. The lowest BCUT2D eigenvalue weighted by molar-refractivity contribution is 0.0387. The number of phenols is 1. The van der Waals surface area contributed by atoms with Gasteiger partial charge < -0.3 is 19.5 Å². The monoisotopic (exact) mass is 381 g/mol. The third-order valence-corrected chi connectivity index (χ3v) is 6.20. The number of hydrogen-bond acceptors (Lipinski definition) is 5. The second-order valence-electron chi connectivity index (χ2n) is 6.90. The molecule has 1 saturated heterocycles. The largest absolute Gasteiger partial charge is 0.508 e. The zero-order valence-corrected chi connectivity index (χ0v) is 15.8. The summed E-state index contributed by atoms with van der Waals surface area (Å²) in [5, 5.41) is 13.3. The van der Waals surface area contributed by atoms with Crippen LogP contribution in [-0.2, 0) is 13.6 Å². The van der Waals surface area contributed by atoms with Crippen LogP contribution in [-0.4, -0.2) is 18.3 Å². The van der Waals surface area contributed by atoms with Gasteiger partial charge in [0.2, 0.25) is 0 Å². The van der Waals surface area contributed by atoms with Crippen molar-refractivity contribution in [3.63, 3.8) is 0 Å². The van der Waals surface area contributed by atoms with Crippen molar-refractivity contribution in [2.45, 2.75) is 19.6 Å². The molecule has 0 radical (unpaired) electrons. The number of halogens is 1. The second kappa shape index (κ2) is 7.00. The van der Waals surface area contributed by atoms with E-state index in [2.05, 4.69) is 5.32 Å². The smallest absolute Gasteiger partial charge is 0.357 e. The van der Waals surface area contributed by atoms with Gasteiger partial charge in [0, 0.05) is 16.1 Å². The first-order chi connectivity index (χ1) is 11.8. The predicted octanol–water partition coefficient (Wildman–Crippen LogP) is 5.42. The number of phenolic OH excluding ortho intramolecular Hbond substituents is 1. The third kappa shape index (κ3) is 4.36. The van der Waals surface area contributed by atoms with E-state index in [0.717, 1.165) is 0 Å². The Morgan fingerprint density at radius 2 is 1.80 bits per heavy atom. The third-order valence-electron chi connectivity index (χ3n) is 3.92. The van der Waals surface area contributed by atoms with Gasteiger partial charge in [-0.1, -0.05) is 43.6 Å². The van der Waals surface area contributed by atoms with Crippen molar-refractivity contribution >= 4 is 24.9 Å². The number of aromatic hydroxyl groups is 1. The van der Waals surface area contributed by atoms with E-state index in [4.69, 9.17) is 20.6 Å². The van der Waals surface area contributed by atoms with Gasteiger partial charge in [-0.2, -0.15) is 0 Å². The number of nitrogens with one attached hydrogen (secondary N) is 1. The van der Waals surface area contributed by atoms with Crippen molar-refractivity contribution < 1.29 is 18.7 Å². The Kier molecular flexibility index (Phi) is 5.12. The lowest BCUT2D eigenvalue weighted by atomic mass is 9.97. The van der Waals surface area contributed by atoms with E-state index in [1.54, 1.807) is 42.5 Å². The molecule has 0 saturated carbocycles. The molecule has 25 heavy (non-hydrogen) atoms. The van der Waals surface area contributed by atoms with Gasteiger partial charge in [0.1, 0.15) is 5.75 Å². The van der Waals surface area contributed by atoms with Gasteiger partial charge >= 0.3 is 7.60 Å². The number of benzene rings is 2. The lowest BCUT2D eigenvalue weighted by Gasteiger charge is -2.38. The highest BCUT2D eigenvalue weighted by molar-refractivity contribution is 7.54. The van der Waals surface area contributed by atoms with Crippen LogP contribution in [0.4, 0.5) is 5.69 Å². The quantitative estimate of drug-likeness (QED) is 0.692. The molecular formula is C18H21ClNO4P. The molecular weight excluding hydrogens is 361 g/mol. The van der Waals surface area contributed by atoms with Gasteiger partial charge in [-0.3, -0.25) is 4.57 Å². The summed E-state index contributed by atoms with van der Waals surface area (Å²) in [6, 6.07) is 13.6. The summed E-state index contributed by atoms with van der Waals surface area (Å²) in [6.07, 6.45) is 0. The first kappa shape index (κ1) is 18.3. The van der Waals surface area contributed by atoms with Crippen LogP contribution in [0.15, 0.2) is 48.5 Å². The minimum absolute atomic E-state index is 0.134. The minimum atomic E-state index is -3.46. The maximum atomic E-state index is 13.4. The molecule has 2 aromatic carbocycles. The molecule has 1 atom stereocenters. The summed E-state index contributed by atoms with van der Waals surface area (Å²) >= 11 is 6.05. The Balaban J connectivity index is 1.94. The average Bonchev–Trinajstić information content (AvgIpc) is 2.57. The lowest BCUT2D eigenvalue weighted by Crippen LogP contribution is -2.31. The Morgan fingerprint density at radius 3 is 2.40 bits per heavy atom. The van der Waals surface area contributed by atoms with E-state index < -0.39 is 13.4 Å². The first-order valence-corrected chi connectivity index (χ1v) is 9.96. The van der Waals surface area contributed by atoms with E-state index in [-0.39, 0.29) is 11.2 Å². The zero-order chi connectivity index (χ0) is 18.1. The van der Waals surface area contributed by atoms with E-state index in [1.807, 2.05) is 19.9 Å². The molecule has 0 spiro atoms. The normalized spacial score (nSPS) is 20.0. The Morgan fingerprint density at radius 1 is 1.16 bits per heavy atom. The van der Waals surface area contributed by atoms with Crippen LogP contribution >= 0.6 is 19.2 Å². The SMILES string of the molecule is CC1(C)COP(=O)(C(Nc2cccc(Cl)c2)c2ccc(O)cc2)OC1. The average molecular weight is 382 g/mol. The Hall–Kier alpha value is -1.52. The van der Waals surface area contributed by atoms with E-state index >= 15 is 0 Å². The highest BCUT2D eigenvalue weighted by Gasteiger charge is 2.43. The van der Waals surface area contributed by atoms with Gasteiger partial charge in [-0.05, 0) is 35.9 Å². The predicted molar refractivity (Wildman–Crippen MR) is 99.2 cm³/mol. The molecule has 1 aliphatic heterocycles. The molecule has 3 rings (SSSR count). The fourth-order valence-corrected chi connectivity index (χ4v) is 4.96. The molecule has 2 aromatic rings. The minimum Gasteiger partial charge on any atom is -0.508 e. The molecule has 5 nitrogen and oxygen atoms in total. The van der Waals surface area contributed by atoms with Crippen LogP contribution in [0.25, 0.3) is 0 Å². The summed E-state index contributed by atoms with van der Waals surface area (Å²) in [7, 11) is -3.46. The van der Waals surface area contributed by atoms with Gasteiger partial charge in [-0.25, -0.2) is 0 Å². The Labute approximate surface area is 152 Å². The number of anilines is 1. The maximum Gasteiger partial charge on any atom is 0.357 e. The molecule has 134 valence electrons.